The van der Waals surface area contributed by atoms with Crippen LogP contribution in [0.15, 0.2) is 42.5 Å². The Morgan fingerprint density at radius 2 is 2.04 bits per heavy atom. The lowest BCUT2D eigenvalue weighted by molar-refractivity contribution is -0.139. The summed E-state index contributed by atoms with van der Waals surface area (Å²) in [5.41, 5.74) is 1.76. The zero-order valence-corrected chi connectivity index (χ0v) is 12.7. The third kappa shape index (κ3) is 3.21. The first-order valence-electron chi connectivity index (χ1n) is 6.94. The van der Waals surface area contributed by atoms with E-state index in [9.17, 15) is 9.59 Å². The molecule has 1 aliphatic rings. The maximum Gasteiger partial charge on any atom is 0.341 e. The molecule has 1 heterocycles. The first kappa shape index (κ1) is 15.5. The van der Waals surface area contributed by atoms with Crippen molar-refractivity contribution in [3.05, 3.63) is 64.2 Å². The topological polar surface area (TPSA) is 72.8 Å². The van der Waals surface area contributed by atoms with Gasteiger partial charge in [0.05, 0.1) is 11.6 Å². The van der Waals surface area contributed by atoms with Crippen molar-refractivity contribution in [2.24, 2.45) is 0 Å². The van der Waals surface area contributed by atoms with Gasteiger partial charge in [0, 0.05) is 5.56 Å². The van der Waals surface area contributed by atoms with Gasteiger partial charge in [-0.05, 0) is 23.3 Å². The fourth-order valence-electron chi connectivity index (χ4n) is 2.51. The van der Waals surface area contributed by atoms with Crippen LogP contribution in [0, 0.1) is 0 Å². The summed E-state index contributed by atoms with van der Waals surface area (Å²) in [5, 5.41) is 8.88. The monoisotopic (exact) mass is 332 g/mol. The van der Waals surface area contributed by atoms with Gasteiger partial charge in [0.1, 0.15) is 11.9 Å². The number of carboxylic acid groups (broad SMARTS) is 1. The van der Waals surface area contributed by atoms with E-state index in [4.69, 9.17) is 26.2 Å². The average molecular weight is 333 g/mol. The summed E-state index contributed by atoms with van der Waals surface area (Å²) in [4.78, 5) is 23.2. The Hall–Kier alpha value is -2.37. The number of hydrogen-bond acceptors (Lipinski definition) is 4. The molecule has 2 aromatic rings. The van der Waals surface area contributed by atoms with Gasteiger partial charge in [-0.15, -0.1) is 0 Å². The molecule has 0 bridgehead atoms. The second-order valence-electron chi connectivity index (χ2n) is 5.09. The highest BCUT2D eigenvalue weighted by molar-refractivity contribution is 6.34. The number of carbonyl (C=O) groups is 2. The Kier molecular flexibility index (Phi) is 4.32. The Labute approximate surface area is 137 Å². The lowest BCUT2D eigenvalue weighted by Gasteiger charge is -2.25. The molecule has 0 saturated heterocycles. The van der Waals surface area contributed by atoms with E-state index in [1.165, 1.54) is 6.07 Å². The Morgan fingerprint density at radius 1 is 1.30 bits per heavy atom. The zero-order valence-electron chi connectivity index (χ0n) is 12.0. The summed E-state index contributed by atoms with van der Waals surface area (Å²) in [5.74, 6) is -1.01. The van der Waals surface area contributed by atoms with Crippen LogP contribution >= 0.6 is 11.6 Å². The quantitative estimate of drug-likeness (QED) is 0.930. The maximum absolute atomic E-state index is 12.7. The zero-order chi connectivity index (χ0) is 16.4. The van der Waals surface area contributed by atoms with Crippen molar-refractivity contribution in [1.82, 2.24) is 0 Å². The van der Waals surface area contributed by atoms with Gasteiger partial charge in [-0.1, -0.05) is 41.9 Å². The summed E-state index contributed by atoms with van der Waals surface area (Å²) in [6.07, 6.45) is -0.688. The number of hydrogen-bond donors (Lipinski definition) is 1. The van der Waals surface area contributed by atoms with Crippen molar-refractivity contribution in [2.45, 2.75) is 12.7 Å². The minimum absolute atomic E-state index is 0.199. The lowest BCUT2D eigenvalue weighted by atomic mass is 9.93. The fourth-order valence-corrected chi connectivity index (χ4v) is 2.83. The van der Waals surface area contributed by atoms with Crippen LogP contribution in [0.4, 0.5) is 0 Å². The van der Waals surface area contributed by atoms with Gasteiger partial charge < -0.3 is 14.6 Å². The molecule has 5 nitrogen and oxygen atoms in total. The first-order valence-corrected chi connectivity index (χ1v) is 7.32. The van der Waals surface area contributed by atoms with Crippen LogP contribution in [-0.4, -0.2) is 23.5 Å². The predicted molar refractivity (Wildman–Crippen MR) is 82.9 cm³/mol. The molecule has 0 aromatic heterocycles. The molecule has 2 aromatic carbocycles. The summed E-state index contributed by atoms with van der Waals surface area (Å²) in [6, 6.07) is 12.2. The molecule has 118 valence electrons. The van der Waals surface area contributed by atoms with Crippen molar-refractivity contribution in [1.29, 1.82) is 0 Å². The Balaban J connectivity index is 1.91. The molecule has 6 heteroatoms. The van der Waals surface area contributed by atoms with Crippen molar-refractivity contribution < 1.29 is 24.2 Å². The minimum Gasteiger partial charge on any atom is -0.482 e. The molecular formula is C17H13ClO5. The second-order valence-corrected chi connectivity index (χ2v) is 5.49. The highest BCUT2D eigenvalue weighted by Crippen LogP contribution is 2.36. The molecular weight excluding hydrogens is 320 g/mol. The van der Waals surface area contributed by atoms with Gasteiger partial charge in [-0.2, -0.15) is 0 Å². The highest BCUT2D eigenvalue weighted by Gasteiger charge is 2.32. The molecule has 1 unspecified atom stereocenters. The normalized spacial score (nSPS) is 16.7. The fraction of sp³-hybridized carbons (Fsp3) is 0.176. The van der Waals surface area contributed by atoms with E-state index in [0.717, 1.165) is 5.56 Å². The van der Waals surface area contributed by atoms with Crippen LogP contribution in [-0.2, 0) is 16.1 Å². The van der Waals surface area contributed by atoms with Crippen LogP contribution in [0.2, 0.25) is 5.02 Å². The van der Waals surface area contributed by atoms with Crippen molar-refractivity contribution in [2.75, 3.05) is 6.61 Å². The summed E-state index contributed by atoms with van der Waals surface area (Å²) >= 11 is 6.21. The van der Waals surface area contributed by atoms with Crippen LogP contribution < -0.4 is 4.74 Å². The number of ketones is 1. The van der Waals surface area contributed by atoms with Gasteiger partial charge in [-0.3, -0.25) is 4.79 Å². The second kappa shape index (κ2) is 6.40. The number of fused-ring (bicyclic) bond motifs is 1. The number of carbonyl (C=O) groups excluding carboxylic acids is 1. The van der Waals surface area contributed by atoms with Crippen LogP contribution in [0.3, 0.4) is 0 Å². The molecule has 3 rings (SSSR count). The van der Waals surface area contributed by atoms with Crippen molar-refractivity contribution in [3.63, 3.8) is 0 Å². The van der Waals surface area contributed by atoms with Gasteiger partial charge >= 0.3 is 5.97 Å². The van der Waals surface area contributed by atoms with Gasteiger partial charge in [0.25, 0.3) is 0 Å². The number of halogens is 1. The molecule has 23 heavy (non-hydrogen) atoms. The van der Waals surface area contributed by atoms with E-state index in [-0.39, 0.29) is 17.4 Å². The van der Waals surface area contributed by atoms with E-state index >= 15 is 0 Å². The number of aliphatic carboxylic acids is 1. The first-order chi connectivity index (χ1) is 11.1. The molecule has 0 spiro atoms. The van der Waals surface area contributed by atoms with E-state index in [1.807, 2.05) is 30.3 Å². The third-order valence-corrected chi connectivity index (χ3v) is 3.80. The molecule has 1 atom stereocenters. The molecule has 0 fully saturated rings. The molecule has 0 saturated carbocycles. The Morgan fingerprint density at radius 3 is 2.74 bits per heavy atom. The van der Waals surface area contributed by atoms with Crippen molar-refractivity contribution >= 4 is 23.4 Å². The highest BCUT2D eigenvalue weighted by atomic mass is 35.5. The van der Waals surface area contributed by atoms with Gasteiger partial charge in [0.15, 0.2) is 12.4 Å². The summed E-state index contributed by atoms with van der Waals surface area (Å²) in [6.45, 7) is -0.277. The lowest BCUT2D eigenvalue weighted by Crippen LogP contribution is -2.24. The Bertz CT molecular complexity index is 757. The number of ether oxygens (including phenoxy) is 2. The number of Topliss-reactive ketones (excluding diaryl/α,β-unsaturated/α-hetero) is 1. The molecule has 1 aliphatic heterocycles. The smallest absolute Gasteiger partial charge is 0.341 e. The summed E-state index contributed by atoms with van der Waals surface area (Å²) in [7, 11) is 0. The molecule has 1 N–H and O–H groups in total. The minimum atomic E-state index is -1.09. The SMILES string of the molecule is O=C(O)COc1cc(Cl)c2c(c1)COC(c1ccccc1)C2=O. The summed E-state index contributed by atoms with van der Waals surface area (Å²) < 4.78 is 10.8. The largest absolute Gasteiger partial charge is 0.482 e. The maximum atomic E-state index is 12.7. The van der Waals surface area contributed by atoms with Gasteiger partial charge in [-0.25, -0.2) is 4.79 Å². The number of carboxylic acids is 1. The standard InChI is InChI=1S/C17H13ClO5/c18-13-7-12(22-9-14(19)20)6-11-8-23-17(16(21)15(11)13)10-4-2-1-3-5-10/h1-7,17H,8-9H2,(H,19,20). The van der Waals surface area contributed by atoms with Crippen LogP contribution in [0.5, 0.6) is 5.75 Å². The predicted octanol–water partition coefficient (Wildman–Crippen LogP) is 3.26. The molecule has 0 amide bonds. The van der Waals surface area contributed by atoms with Crippen LogP contribution in [0.25, 0.3) is 0 Å². The van der Waals surface area contributed by atoms with E-state index in [1.54, 1.807) is 6.07 Å². The number of benzene rings is 2. The van der Waals surface area contributed by atoms with E-state index < -0.39 is 18.7 Å². The molecule has 0 radical (unpaired) electrons. The van der Waals surface area contributed by atoms with Crippen LogP contribution in [0.1, 0.15) is 27.6 Å². The third-order valence-electron chi connectivity index (χ3n) is 3.50. The van der Waals surface area contributed by atoms with Gasteiger partial charge in [0.2, 0.25) is 0 Å². The van der Waals surface area contributed by atoms with Crippen molar-refractivity contribution in [3.8, 4) is 5.75 Å². The van der Waals surface area contributed by atoms with E-state index in [2.05, 4.69) is 0 Å². The molecule has 0 aliphatic carbocycles. The van der Waals surface area contributed by atoms with E-state index in [0.29, 0.717) is 16.9 Å². The number of rotatable bonds is 4. The average Bonchev–Trinajstić information content (AvgIpc) is 2.53.